The quantitative estimate of drug-likeness (QED) is 0.859. The summed E-state index contributed by atoms with van der Waals surface area (Å²) in [6, 6.07) is 3.21. The number of nitrogens with one attached hydrogen (secondary N) is 1. The molecule has 19 heavy (non-hydrogen) atoms. The maximum absolute atomic E-state index is 12.2. The fourth-order valence-corrected chi connectivity index (χ4v) is 3.56. The summed E-state index contributed by atoms with van der Waals surface area (Å²) in [6.45, 7) is 2.51. The molecule has 0 aromatic carbocycles. The van der Waals surface area contributed by atoms with Crippen LogP contribution in [-0.4, -0.2) is 18.1 Å². The summed E-state index contributed by atoms with van der Waals surface area (Å²) in [5.74, 6) is 0. The van der Waals surface area contributed by atoms with Crippen LogP contribution in [0.5, 0.6) is 0 Å². The van der Waals surface area contributed by atoms with Gasteiger partial charge in [-0.3, -0.25) is 4.72 Å². The number of aliphatic hydroxyl groups is 1. The number of aromatic nitrogens is 1. The maximum Gasteiger partial charge on any atom is 0.263 e. The summed E-state index contributed by atoms with van der Waals surface area (Å²) in [7, 11) is -3.59. The molecule has 0 bridgehead atoms. The van der Waals surface area contributed by atoms with Crippen molar-refractivity contribution in [1.82, 2.24) is 4.57 Å². The van der Waals surface area contributed by atoms with E-state index in [4.69, 9.17) is 0 Å². The summed E-state index contributed by atoms with van der Waals surface area (Å²) < 4.78 is 28.6. The van der Waals surface area contributed by atoms with Gasteiger partial charge < -0.3 is 9.67 Å². The first-order chi connectivity index (χ1) is 9.06. The van der Waals surface area contributed by atoms with Crippen LogP contribution >= 0.6 is 11.3 Å². The van der Waals surface area contributed by atoms with Gasteiger partial charge in [0, 0.05) is 23.8 Å². The molecule has 0 fully saturated rings. The van der Waals surface area contributed by atoms with Crippen molar-refractivity contribution < 1.29 is 13.5 Å². The Balaban J connectivity index is 2.30. The van der Waals surface area contributed by atoms with Gasteiger partial charge in [-0.1, -0.05) is 6.92 Å². The van der Waals surface area contributed by atoms with Gasteiger partial charge in [-0.05, 0) is 23.9 Å². The number of rotatable bonds is 6. The molecule has 2 rings (SSSR count). The maximum atomic E-state index is 12.2. The van der Waals surface area contributed by atoms with E-state index >= 15 is 0 Å². The molecule has 0 saturated carbocycles. The summed E-state index contributed by atoms with van der Waals surface area (Å²) >= 11 is 1.42. The zero-order valence-corrected chi connectivity index (χ0v) is 12.2. The second-order valence-corrected chi connectivity index (χ2v) is 6.60. The van der Waals surface area contributed by atoms with E-state index in [0.29, 0.717) is 17.9 Å². The van der Waals surface area contributed by atoms with Gasteiger partial charge in [0.2, 0.25) is 0 Å². The predicted octanol–water partition coefficient (Wildman–Crippen LogP) is 2.25. The molecule has 2 N–H and O–H groups in total. The highest BCUT2D eigenvalue weighted by atomic mass is 32.2. The van der Waals surface area contributed by atoms with Crippen molar-refractivity contribution in [3.63, 3.8) is 0 Å². The molecule has 5 nitrogen and oxygen atoms in total. The van der Waals surface area contributed by atoms with Gasteiger partial charge in [-0.25, -0.2) is 8.42 Å². The van der Waals surface area contributed by atoms with Crippen molar-refractivity contribution in [2.75, 3.05) is 4.72 Å². The molecular formula is C12H16N2O3S2. The highest BCUT2D eigenvalue weighted by molar-refractivity contribution is 7.92. The molecule has 104 valence electrons. The van der Waals surface area contributed by atoms with E-state index in [1.807, 2.05) is 6.92 Å². The van der Waals surface area contributed by atoms with Gasteiger partial charge in [0.1, 0.15) is 4.90 Å². The molecule has 0 spiro atoms. The van der Waals surface area contributed by atoms with Crippen LogP contribution in [-0.2, 0) is 23.2 Å². The molecule has 0 aliphatic carbocycles. The number of hydrogen-bond acceptors (Lipinski definition) is 4. The number of aryl methyl sites for hydroxylation is 1. The average molecular weight is 300 g/mol. The van der Waals surface area contributed by atoms with E-state index < -0.39 is 10.0 Å². The number of aliphatic hydroxyl groups excluding tert-OH is 1. The molecule has 0 aliphatic rings. The highest BCUT2D eigenvalue weighted by Gasteiger charge is 2.18. The standard InChI is InChI=1S/C12H16N2O3S2/c1-2-4-14-7-12(6-11(14)8-15)19(16,17)13-10-3-5-18-9-10/h3,5-7,9,13,15H,2,4,8H2,1H3. The third kappa shape index (κ3) is 3.17. The molecule has 2 heterocycles. The van der Waals surface area contributed by atoms with Crippen LogP contribution in [0.4, 0.5) is 5.69 Å². The Bertz CT molecular complexity index is 630. The van der Waals surface area contributed by atoms with E-state index in [-0.39, 0.29) is 11.5 Å². The molecule has 2 aromatic heterocycles. The van der Waals surface area contributed by atoms with Crippen LogP contribution < -0.4 is 4.72 Å². The Hall–Kier alpha value is -1.31. The molecule has 0 amide bonds. The summed E-state index contributed by atoms with van der Waals surface area (Å²) in [5.41, 5.74) is 1.16. The average Bonchev–Trinajstić information content (AvgIpc) is 2.98. The number of hydrogen-bond donors (Lipinski definition) is 2. The summed E-state index contributed by atoms with van der Waals surface area (Å²) in [6.07, 6.45) is 2.43. The van der Waals surface area contributed by atoms with Crippen LogP contribution in [0.3, 0.4) is 0 Å². The van der Waals surface area contributed by atoms with Crippen molar-refractivity contribution in [2.45, 2.75) is 31.4 Å². The van der Waals surface area contributed by atoms with Crippen LogP contribution in [0.15, 0.2) is 34.0 Å². The van der Waals surface area contributed by atoms with Crippen molar-refractivity contribution in [3.05, 3.63) is 34.8 Å². The van der Waals surface area contributed by atoms with Crippen LogP contribution in [0.2, 0.25) is 0 Å². The van der Waals surface area contributed by atoms with E-state index in [9.17, 15) is 13.5 Å². The molecule has 2 aromatic rings. The summed E-state index contributed by atoms with van der Waals surface area (Å²) in [4.78, 5) is 0.177. The first-order valence-electron chi connectivity index (χ1n) is 5.91. The number of nitrogens with zero attached hydrogens (tertiary/aromatic N) is 1. The van der Waals surface area contributed by atoms with Crippen LogP contribution in [0, 0.1) is 0 Å². The Kier molecular flexibility index (Phi) is 4.28. The third-order valence-electron chi connectivity index (χ3n) is 2.67. The van der Waals surface area contributed by atoms with Crippen molar-refractivity contribution in [1.29, 1.82) is 0 Å². The van der Waals surface area contributed by atoms with Crippen molar-refractivity contribution in [2.24, 2.45) is 0 Å². The smallest absolute Gasteiger partial charge is 0.263 e. The van der Waals surface area contributed by atoms with Crippen LogP contribution in [0.1, 0.15) is 19.0 Å². The molecule has 7 heteroatoms. The molecule has 0 unspecified atom stereocenters. The zero-order chi connectivity index (χ0) is 13.9. The zero-order valence-electron chi connectivity index (χ0n) is 10.5. The van der Waals surface area contributed by atoms with Gasteiger partial charge >= 0.3 is 0 Å². The van der Waals surface area contributed by atoms with E-state index in [0.717, 1.165) is 6.42 Å². The lowest BCUT2D eigenvalue weighted by molar-refractivity contribution is 0.270. The first kappa shape index (κ1) is 14.1. The normalized spacial score (nSPS) is 11.7. The fraction of sp³-hybridized carbons (Fsp3) is 0.333. The Morgan fingerprint density at radius 2 is 2.26 bits per heavy atom. The Morgan fingerprint density at radius 1 is 1.47 bits per heavy atom. The molecule has 0 radical (unpaired) electrons. The Labute approximate surface area is 116 Å². The van der Waals surface area contributed by atoms with Gasteiger partial charge in [0.15, 0.2) is 0 Å². The monoisotopic (exact) mass is 300 g/mol. The highest BCUT2D eigenvalue weighted by Crippen LogP contribution is 2.20. The number of anilines is 1. The Morgan fingerprint density at radius 3 is 2.84 bits per heavy atom. The number of thiophene rings is 1. The topological polar surface area (TPSA) is 71.3 Å². The minimum absolute atomic E-state index is 0.173. The van der Waals surface area contributed by atoms with Gasteiger partial charge in [0.25, 0.3) is 10.0 Å². The van der Waals surface area contributed by atoms with E-state index in [1.54, 1.807) is 27.6 Å². The summed E-state index contributed by atoms with van der Waals surface area (Å²) in [5, 5.41) is 12.8. The number of sulfonamides is 1. The third-order valence-corrected chi connectivity index (χ3v) is 4.70. The van der Waals surface area contributed by atoms with Crippen molar-refractivity contribution >= 4 is 27.0 Å². The lowest BCUT2D eigenvalue weighted by atomic mass is 10.4. The molecular weight excluding hydrogens is 284 g/mol. The lowest BCUT2D eigenvalue weighted by Crippen LogP contribution is -2.11. The SMILES string of the molecule is CCCn1cc(S(=O)(=O)Nc2ccsc2)cc1CO. The predicted molar refractivity (Wildman–Crippen MR) is 75.8 cm³/mol. The largest absolute Gasteiger partial charge is 0.390 e. The van der Waals surface area contributed by atoms with Gasteiger partial charge in [-0.2, -0.15) is 11.3 Å². The van der Waals surface area contributed by atoms with E-state index in [2.05, 4.69) is 4.72 Å². The molecule has 0 atom stereocenters. The molecule has 0 aliphatic heterocycles. The lowest BCUT2D eigenvalue weighted by Gasteiger charge is -2.04. The minimum atomic E-state index is -3.59. The van der Waals surface area contributed by atoms with Crippen molar-refractivity contribution in [3.8, 4) is 0 Å². The fourth-order valence-electron chi connectivity index (χ4n) is 1.79. The van der Waals surface area contributed by atoms with E-state index in [1.165, 1.54) is 17.4 Å². The van der Waals surface area contributed by atoms with Crippen LogP contribution in [0.25, 0.3) is 0 Å². The van der Waals surface area contributed by atoms with Gasteiger partial charge in [-0.15, -0.1) is 0 Å². The second kappa shape index (κ2) is 5.77. The van der Waals surface area contributed by atoms with Gasteiger partial charge in [0.05, 0.1) is 12.3 Å². The second-order valence-electron chi connectivity index (χ2n) is 4.14. The molecule has 0 saturated heterocycles. The first-order valence-corrected chi connectivity index (χ1v) is 8.34. The minimum Gasteiger partial charge on any atom is -0.390 e.